The first-order valence-corrected chi connectivity index (χ1v) is 11.8. The van der Waals surface area contributed by atoms with Gasteiger partial charge in [-0.3, -0.25) is 10.1 Å². The third-order valence-electron chi connectivity index (χ3n) is 5.92. The molecule has 11 heteroatoms. The predicted molar refractivity (Wildman–Crippen MR) is 130 cm³/mol. The van der Waals surface area contributed by atoms with Crippen LogP contribution in [0.5, 0.6) is 5.75 Å². The third kappa shape index (κ3) is 5.29. The highest BCUT2D eigenvalue weighted by Crippen LogP contribution is 2.35. The van der Waals surface area contributed by atoms with Crippen LogP contribution < -0.4 is 20.3 Å². The number of piperazine rings is 1. The lowest BCUT2D eigenvalue weighted by Gasteiger charge is -2.29. The molecule has 0 bridgehead atoms. The maximum Gasteiger partial charge on any atom is 0.387 e. The van der Waals surface area contributed by atoms with Crippen LogP contribution in [0.25, 0.3) is 0 Å². The van der Waals surface area contributed by atoms with Crippen molar-refractivity contribution in [3.63, 3.8) is 0 Å². The summed E-state index contributed by atoms with van der Waals surface area (Å²) in [6.07, 6.45) is 5.78. The SMILES string of the molecule is C#CC(C)(c1ccc(OC(F)F)cc1)c1csc(NC(=O)c2c(F)cc(N3CCNCC3)cc2F)n1. The van der Waals surface area contributed by atoms with Gasteiger partial charge in [-0.25, -0.2) is 13.8 Å². The fourth-order valence-corrected chi connectivity index (χ4v) is 4.69. The molecular formula is C25H22F4N4O2S. The molecule has 2 heterocycles. The molecule has 4 rings (SSSR count). The zero-order chi connectivity index (χ0) is 25.9. The van der Waals surface area contributed by atoms with Gasteiger partial charge in [-0.1, -0.05) is 18.1 Å². The van der Waals surface area contributed by atoms with E-state index in [-0.39, 0.29) is 10.9 Å². The van der Waals surface area contributed by atoms with Crippen LogP contribution in [0.3, 0.4) is 0 Å². The largest absolute Gasteiger partial charge is 0.435 e. The molecule has 1 aliphatic heterocycles. The number of nitrogens with one attached hydrogen (secondary N) is 2. The Morgan fingerprint density at radius 1 is 1.22 bits per heavy atom. The number of anilines is 2. The van der Waals surface area contributed by atoms with Gasteiger partial charge < -0.3 is 15.0 Å². The highest BCUT2D eigenvalue weighted by atomic mass is 32.1. The summed E-state index contributed by atoms with van der Waals surface area (Å²) >= 11 is 1.04. The molecule has 1 aromatic heterocycles. The van der Waals surface area contributed by atoms with Crippen molar-refractivity contribution >= 4 is 28.1 Å². The lowest BCUT2D eigenvalue weighted by molar-refractivity contribution is -0.0498. The Morgan fingerprint density at radius 3 is 2.44 bits per heavy atom. The van der Waals surface area contributed by atoms with Crippen LogP contribution >= 0.6 is 11.3 Å². The minimum Gasteiger partial charge on any atom is -0.435 e. The minimum atomic E-state index is -2.95. The summed E-state index contributed by atoms with van der Waals surface area (Å²) in [7, 11) is 0. The fourth-order valence-electron chi connectivity index (χ4n) is 3.88. The Hall–Kier alpha value is -3.62. The van der Waals surface area contributed by atoms with Gasteiger partial charge in [0.25, 0.3) is 5.91 Å². The number of hydrogen-bond donors (Lipinski definition) is 2. The van der Waals surface area contributed by atoms with Crippen molar-refractivity contribution in [2.24, 2.45) is 0 Å². The molecule has 1 unspecified atom stereocenters. The Morgan fingerprint density at radius 2 is 1.86 bits per heavy atom. The molecule has 6 nitrogen and oxygen atoms in total. The van der Waals surface area contributed by atoms with E-state index in [2.05, 4.69) is 26.3 Å². The number of carbonyl (C=O) groups is 1. The predicted octanol–water partition coefficient (Wildman–Crippen LogP) is 4.62. The van der Waals surface area contributed by atoms with Crippen LogP contribution in [0.1, 0.15) is 28.5 Å². The minimum absolute atomic E-state index is 0.0219. The maximum atomic E-state index is 14.8. The van der Waals surface area contributed by atoms with E-state index in [9.17, 15) is 22.4 Å². The van der Waals surface area contributed by atoms with Crippen LogP contribution in [0.15, 0.2) is 41.8 Å². The van der Waals surface area contributed by atoms with E-state index in [1.165, 1.54) is 12.1 Å². The first kappa shape index (κ1) is 25.5. The zero-order valence-corrected chi connectivity index (χ0v) is 20.0. The number of rotatable bonds is 7. The molecule has 36 heavy (non-hydrogen) atoms. The number of hydrogen-bond acceptors (Lipinski definition) is 6. The second-order valence-electron chi connectivity index (χ2n) is 8.19. The number of ether oxygens (including phenoxy) is 1. The Bertz CT molecular complexity index is 1260. The van der Waals surface area contributed by atoms with Crippen molar-refractivity contribution in [2.75, 3.05) is 36.4 Å². The molecule has 2 N–H and O–H groups in total. The van der Waals surface area contributed by atoms with Crippen molar-refractivity contribution in [3.8, 4) is 18.1 Å². The number of carbonyl (C=O) groups excluding carboxylic acids is 1. The van der Waals surface area contributed by atoms with E-state index in [4.69, 9.17) is 6.42 Å². The number of thiazole rings is 1. The highest BCUT2D eigenvalue weighted by Gasteiger charge is 2.30. The third-order valence-corrected chi connectivity index (χ3v) is 6.68. The van der Waals surface area contributed by atoms with Gasteiger partial charge in [0.05, 0.1) is 11.1 Å². The Kier molecular flexibility index (Phi) is 7.47. The average Bonchev–Trinajstić information content (AvgIpc) is 3.32. The molecule has 2 aromatic carbocycles. The highest BCUT2D eigenvalue weighted by molar-refractivity contribution is 7.14. The number of nitrogens with zero attached hydrogens (tertiary/aromatic N) is 2. The summed E-state index contributed by atoms with van der Waals surface area (Å²) < 4.78 is 58.7. The smallest absolute Gasteiger partial charge is 0.387 e. The summed E-state index contributed by atoms with van der Waals surface area (Å²) in [5, 5.41) is 7.30. The summed E-state index contributed by atoms with van der Waals surface area (Å²) in [5.41, 5.74) is -0.433. The first-order chi connectivity index (χ1) is 17.2. The molecule has 0 radical (unpaired) electrons. The van der Waals surface area contributed by atoms with Gasteiger partial charge in [0.1, 0.15) is 22.9 Å². The van der Waals surface area contributed by atoms with Gasteiger partial charge >= 0.3 is 6.61 Å². The molecule has 0 spiro atoms. The van der Waals surface area contributed by atoms with Crippen LogP contribution in [-0.4, -0.2) is 43.7 Å². The molecule has 0 aliphatic carbocycles. The molecule has 1 saturated heterocycles. The topological polar surface area (TPSA) is 66.5 Å². The molecule has 1 atom stereocenters. The molecule has 0 saturated carbocycles. The van der Waals surface area contributed by atoms with Crippen LogP contribution in [0.4, 0.5) is 28.4 Å². The van der Waals surface area contributed by atoms with Gasteiger partial charge in [-0.2, -0.15) is 8.78 Å². The van der Waals surface area contributed by atoms with E-state index >= 15 is 0 Å². The van der Waals surface area contributed by atoms with Gasteiger partial charge in [0.2, 0.25) is 0 Å². The van der Waals surface area contributed by atoms with E-state index in [1.807, 2.05) is 4.90 Å². The number of halogens is 4. The van der Waals surface area contributed by atoms with E-state index in [1.54, 1.807) is 24.4 Å². The van der Waals surface area contributed by atoms with E-state index < -0.39 is 35.1 Å². The molecule has 1 aliphatic rings. The lowest BCUT2D eigenvalue weighted by atomic mass is 9.81. The number of terminal acetylenes is 1. The summed E-state index contributed by atoms with van der Waals surface area (Å²) in [4.78, 5) is 18.9. The fraction of sp³-hybridized carbons (Fsp3) is 0.280. The normalized spacial score (nSPS) is 15.3. The van der Waals surface area contributed by atoms with Gasteiger partial charge in [-0.05, 0) is 36.8 Å². The maximum absolute atomic E-state index is 14.8. The van der Waals surface area contributed by atoms with Crippen molar-refractivity contribution in [2.45, 2.75) is 19.0 Å². The first-order valence-electron chi connectivity index (χ1n) is 11.0. The van der Waals surface area contributed by atoms with E-state index in [0.717, 1.165) is 23.5 Å². The number of benzene rings is 2. The summed E-state index contributed by atoms with van der Waals surface area (Å²) in [5.74, 6) is -0.311. The van der Waals surface area contributed by atoms with Crippen molar-refractivity contribution in [1.29, 1.82) is 0 Å². The van der Waals surface area contributed by atoms with Gasteiger partial charge in [0, 0.05) is 37.2 Å². The summed E-state index contributed by atoms with van der Waals surface area (Å²) in [6, 6.07) is 8.10. The van der Waals surface area contributed by atoms with Gasteiger partial charge in [-0.15, -0.1) is 17.8 Å². The van der Waals surface area contributed by atoms with Gasteiger partial charge in [0.15, 0.2) is 5.13 Å². The average molecular weight is 519 g/mol. The van der Waals surface area contributed by atoms with E-state index in [0.29, 0.717) is 43.1 Å². The van der Waals surface area contributed by atoms with Crippen molar-refractivity contribution in [3.05, 3.63) is 70.2 Å². The van der Waals surface area contributed by atoms with Crippen molar-refractivity contribution < 1.29 is 27.1 Å². The molecule has 188 valence electrons. The summed E-state index contributed by atoms with van der Waals surface area (Å²) in [6.45, 7) is 1.34. The molecule has 3 aromatic rings. The molecule has 1 amide bonds. The zero-order valence-electron chi connectivity index (χ0n) is 19.2. The van der Waals surface area contributed by atoms with Crippen molar-refractivity contribution in [1.82, 2.24) is 10.3 Å². The van der Waals surface area contributed by atoms with Crippen LogP contribution in [-0.2, 0) is 5.41 Å². The monoisotopic (exact) mass is 518 g/mol. The van der Waals surface area contributed by atoms with Crippen LogP contribution in [0.2, 0.25) is 0 Å². The molecule has 1 fully saturated rings. The number of alkyl halides is 2. The second kappa shape index (κ2) is 10.6. The lowest BCUT2D eigenvalue weighted by Crippen LogP contribution is -2.43. The standard InChI is InChI=1S/C25H22F4N4O2S/c1-3-25(2,15-4-6-17(7-5-15)35-23(28)29)20-14-36-24(31-20)32-22(34)21-18(26)12-16(13-19(21)27)33-10-8-30-9-11-33/h1,4-7,12-14,23,30H,8-11H2,2H3,(H,31,32,34). The van der Waals surface area contributed by atoms with Crippen LogP contribution in [0, 0.1) is 24.0 Å². The Balaban J connectivity index is 1.52. The number of amides is 1. The Labute approximate surface area is 209 Å². The molecular weight excluding hydrogens is 496 g/mol. The second-order valence-corrected chi connectivity index (χ2v) is 9.04. The number of aromatic nitrogens is 1. The quantitative estimate of drug-likeness (QED) is 0.353.